The third kappa shape index (κ3) is 4.25. The number of likely N-dealkylation sites (tertiary alicyclic amines) is 1. The molecule has 1 fully saturated rings. The molecule has 0 N–H and O–H groups in total. The fraction of sp³-hybridized carbons (Fsp3) is 0.348. The number of nitrogens with zero attached hydrogens (tertiary/aromatic N) is 2. The van der Waals surface area contributed by atoms with Gasteiger partial charge in [-0.25, -0.2) is 8.42 Å². The second kappa shape index (κ2) is 8.44. The minimum atomic E-state index is -3.78. The van der Waals surface area contributed by atoms with Crippen molar-refractivity contribution in [3.05, 3.63) is 65.3 Å². The van der Waals surface area contributed by atoms with Crippen molar-refractivity contribution in [2.75, 3.05) is 18.8 Å². The summed E-state index contributed by atoms with van der Waals surface area (Å²) in [6.45, 7) is 3.87. The van der Waals surface area contributed by atoms with Crippen LogP contribution in [-0.4, -0.2) is 42.6 Å². The highest BCUT2D eigenvalue weighted by molar-refractivity contribution is 7.92. The van der Waals surface area contributed by atoms with Crippen LogP contribution >= 0.6 is 11.6 Å². The average Bonchev–Trinajstić information content (AvgIpc) is 3.09. The zero-order valence-electron chi connectivity index (χ0n) is 16.9. The van der Waals surface area contributed by atoms with Gasteiger partial charge < -0.3 is 9.47 Å². The number of halogens is 1. The Morgan fingerprint density at radius 3 is 2.47 bits per heavy atom. The molecule has 0 unspecified atom stereocenters. The van der Waals surface area contributed by atoms with E-state index in [2.05, 4.69) is 6.92 Å². The van der Waals surface area contributed by atoms with Gasteiger partial charge in [-0.05, 0) is 36.5 Å². The van der Waals surface area contributed by atoms with Crippen molar-refractivity contribution in [3.8, 4) is 0 Å². The molecule has 30 heavy (non-hydrogen) atoms. The monoisotopic (exact) mass is 444 g/mol. The summed E-state index contributed by atoms with van der Waals surface area (Å²) in [6, 6.07) is 14.9. The van der Waals surface area contributed by atoms with Gasteiger partial charge in [0.2, 0.25) is 5.91 Å². The summed E-state index contributed by atoms with van der Waals surface area (Å²) in [7, 11) is -3.78. The van der Waals surface area contributed by atoms with Crippen molar-refractivity contribution >= 4 is 38.2 Å². The fourth-order valence-corrected chi connectivity index (χ4v) is 5.65. The number of hydrogen-bond donors (Lipinski definition) is 0. The van der Waals surface area contributed by atoms with Crippen LogP contribution in [0.3, 0.4) is 0 Å². The number of aromatic nitrogens is 1. The Hall–Kier alpha value is -2.31. The third-order valence-corrected chi connectivity index (χ3v) is 7.83. The van der Waals surface area contributed by atoms with Gasteiger partial charge in [-0.15, -0.1) is 0 Å². The highest BCUT2D eigenvalue weighted by Crippen LogP contribution is 2.28. The highest BCUT2D eigenvalue weighted by Gasteiger charge is 2.28. The van der Waals surface area contributed by atoms with E-state index in [1.54, 1.807) is 17.2 Å². The molecule has 0 spiro atoms. The van der Waals surface area contributed by atoms with Crippen molar-refractivity contribution in [1.82, 2.24) is 9.47 Å². The maximum Gasteiger partial charge on any atom is 0.238 e. The van der Waals surface area contributed by atoms with E-state index in [0.717, 1.165) is 23.9 Å². The first-order valence-electron chi connectivity index (χ1n) is 10.2. The van der Waals surface area contributed by atoms with E-state index >= 15 is 0 Å². The van der Waals surface area contributed by atoms with Crippen LogP contribution in [0.25, 0.3) is 10.9 Å². The first-order chi connectivity index (χ1) is 14.3. The number of piperidine rings is 1. The SMILES string of the molecule is CC1CCN(C(=O)CS(=O)(=O)c2cn(Cc3ccccc3Cl)c3ccccc23)CC1. The van der Waals surface area contributed by atoms with Gasteiger partial charge in [-0.1, -0.05) is 54.9 Å². The van der Waals surface area contributed by atoms with Gasteiger partial charge in [0, 0.05) is 41.8 Å². The molecule has 4 rings (SSSR count). The van der Waals surface area contributed by atoms with Gasteiger partial charge in [0.25, 0.3) is 0 Å². The van der Waals surface area contributed by atoms with E-state index in [4.69, 9.17) is 11.6 Å². The number of carbonyl (C=O) groups excluding carboxylic acids is 1. The number of para-hydroxylation sites is 1. The van der Waals surface area contributed by atoms with Gasteiger partial charge in [-0.2, -0.15) is 0 Å². The molecule has 2 aromatic carbocycles. The third-order valence-electron chi connectivity index (χ3n) is 5.84. The molecule has 1 aliphatic heterocycles. The summed E-state index contributed by atoms with van der Waals surface area (Å²) in [4.78, 5) is 14.6. The van der Waals surface area contributed by atoms with E-state index in [9.17, 15) is 13.2 Å². The molecular formula is C23H25ClN2O3S. The van der Waals surface area contributed by atoms with Crippen LogP contribution in [0.1, 0.15) is 25.3 Å². The molecule has 1 amide bonds. The summed E-state index contributed by atoms with van der Waals surface area (Å²) < 4.78 is 28.3. The predicted molar refractivity (Wildman–Crippen MR) is 120 cm³/mol. The van der Waals surface area contributed by atoms with Crippen LogP contribution in [-0.2, 0) is 21.2 Å². The molecule has 2 heterocycles. The average molecular weight is 445 g/mol. The number of amides is 1. The summed E-state index contributed by atoms with van der Waals surface area (Å²) >= 11 is 6.31. The molecule has 3 aromatic rings. The Morgan fingerprint density at radius 2 is 1.73 bits per heavy atom. The molecule has 0 atom stereocenters. The minimum Gasteiger partial charge on any atom is -0.342 e. The number of hydrogen-bond acceptors (Lipinski definition) is 3. The van der Waals surface area contributed by atoms with Gasteiger partial charge in [-0.3, -0.25) is 4.79 Å². The lowest BCUT2D eigenvalue weighted by atomic mass is 9.99. The van der Waals surface area contributed by atoms with Crippen LogP contribution in [0.4, 0.5) is 0 Å². The van der Waals surface area contributed by atoms with E-state index in [-0.39, 0.29) is 10.8 Å². The second-order valence-electron chi connectivity index (χ2n) is 8.05. The quantitative estimate of drug-likeness (QED) is 0.586. The van der Waals surface area contributed by atoms with Crippen molar-refractivity contribution in [1.29, 1.82) is 0 Å². The van der Waals surface area contributed by atoms with Crippen LogP contribution < -0.4 is 0 Å². The van der Waals surface area contributed by atoms with Crippen molar-refractivity contribution < 1.29 is 13.2 Å². The zero-order chi connectivity index (χ0) is 21.3. The maximum atomic E-state index is 13.2. The Bertz CT molecular complexity index is 1180. The summed E-state index contributed by atoms with van der Waals surface area (Å²) in [5.74, 6) is -0.236. The molecule has 158 valence electrons. The maximum absolute atomic E-state index is 13.2. The largest absolute Gasteiger partial charge is 0.342 e. The number of rotatable bonds is 5. The molecule has 0 aliphatic carbocycles. The molecule has 1 aromatic heterocycles. The molecular weight excluding hydrogens is 420 g/mol. The number of fused-ring (bicyclic) bond motifs is 1. The fourth-order valence-electron chi connectivity index (χ4n) is 3.99. The summed E-state index contributed by atoms with van der Waals surface area (Å²) in [5, 5.41) is 1.26. The highest BCUT2D eigenvalue weighted by atomic mass is 35.5. The number of sulfone groups is 1. The Balaban J connectivity index is 1.65. The predicted octanol–water partition coefficient (Wildman–Crippen LogP) is 4.38. The standard InChI is InChI=1S/C23H25ClN2O3S/c1-17-10-12-25(13-11-17)23(27)16-30(28,29)22-15-26(21-9-5-3-7-19(21)22)14-18-6-2-4-8-20(18)24/h2-9,15,17H,10-14,16H2,1H3. The second-order valence-corrected chi connectivity index (χ2v) is 10.4. The first-order valence-corrected chi connectivity index (χ1v) is 12.2. The number of carbonyl (C=O) groups is 1. The Kier molecular flexibility index (Phi) is 5.89. The molecule has 1 saturated heterocycles. The van der Waals surface area contributed by atoms with Crippen molar-refractivity contribution in [2.45, 2.75) is 31.2 Å². The van der Waals surface area contributed by atoms with Gasteiger partial charge in [0.1, 0.15) is 5.75 Å². The summed E-state index contributed by atoms with van der Waals surface area (Å²) in [5.41, 5.74) is 1.71. The smallest absolute Gasteiger partial charge is 0.238 e. The number of benzene rings is 2. The first kappa shape index (κ1) is 20.9. The van der Waals surface area contributed by atoms with E-state index in [0.29, 0.717) is 36.0 Å². The van der Waals surface area contributed by atoms with Gasteiger partial charge in [0.15, 0.2) is 9.84 Å². The van der Waals surface area contributed by atoms with Crippen LogP contribution in [0.15, 0.2) is 59.6 Å². The van der Waals surface area contributed by atoms with Crippen LogP contribution in [0, 0.1) is 5.92 Å². The Morgan fingerprint density at radius 1 is 1.07 bits per heavy atom. The molecule has 0 radical (unpaired) electrons. The lowest BCUT2D eigenvalue weighted by Crippen LogP contribution is -2.41. The molecule has 7 heteroatoms. The molecule has 1 aliphatic rings. The minimum absolute atomic E-state index is 0.198. The van der Waals surface area contributed by atoms with Gasteiger partial charge >= 0.3 is 0 Å². The molecule has 0 bridgehead atoms. The van der Waals surface area contributed by atoms with Gasteiger partial charge in [0.05, 0.1) is 4.90 Å². The summed E-state index contributed by atoms with van der Waals surface area (Å²) in [6.07, 6.45) is 3.47. The van der Waals surface area contributed by atoms with Crippen LogP contribution in [0.2, 0.25) is 5.02 Å². The lowest BCUT2D eigenvalue weighted by Gasteiger charge is -2.30. The lowest BCUT2D eigenvalue weighted by molar-refractivity contribution is -0.129. The van der Waals surface area contributed by atoms with E-state index in [1.165, 1.54) is 0 Å². The van der Waals surface area contributed by atoms with Crippen molar-refractivity contribution in [3.63, 3.8) is 0 Å². The molecule has 0 saturated carbocycles. The van der Waals surface area contributed by atoms with Crippen molar-refractivity contribution in [2.24, 2.45) is 5.92 Å². The topological polar surface area (TPSA) is 59.4 Å². The normalized spacial score (nSPS) is 15.6. The Labute approximate surface area is 182 Å². The van der Waals surface area contributed by atoms with Crippen LogP contribution in [0.5, 0.6) is 0 Å². The molecule has 5 nitrogen and oxygen atoms in total. The zero-order valence-corrected chi connectivity index (χ0v) is 18.5. The van der Waals surface area contributed by atoms with E-state index in [1.807, 2.05) is 47.0 Å². The van der Waals surface area contributed by atoms with E-state index < -0.39 is 15.6 Å².